The Labute approximate surface area is 255 Å². The van der Waals surface area contributed by atoms with E-state index < -0.39 is 9.84 Å². The highest BCUT2D eigenvalue weighted by molar-refractivity contribution is 7.90. The zero-order valence-corrected chi connectivity index (χ0v) is 25.7. The fourth-order valence-corrected chi connectivity index (χ4v) is 8.00. The number of nitrogens with one attached hydrogen (secondary N) is 3. The molecule has 0 bridgehead atoms. The molecular weight excluding hydrogens is 595 g/mol. The number of aromatic nitrogens is 1. The number of fused-ring (bicyclic) bond motifs is 1. The average molecular weight is 628 g/mol. The van der Waals surface area contributed by atoms with Gasteiger partial charge in [0.25, 0.3) is 11.8 Å². The number of carbonyl (C=O) groups excluding carboxylic acids is 2. The van der Waals surface area contributed by atoms with Crippen molar-refractivity contribution in [3.05, 3.63) is 80.1 Å². The molecule has 8 nitrogen and oxygen atoms in total. The number of anilines is 1. The van der Waals surface area contributed by atoms with Crippen LogP contribution in [0.5, 0.6) is 0 Å². The highest BCUT2D eigenvalue weighted by Gasteiger charge is 2.34. The lowest BCUT2D eigenvalue weighted by molar-refractivity contribution is -0.110. The van der Waals surface area contributed by atoms with Crippen LogP contribution in [0.25, 0.3) is 11.6 Å². The first-order valence-corrected chi connectivity index (χ1v) is 16.5. The highest BCUT2D eigenvalue weighted by atomic mass is 35.5. The van der Waals surface area contributed by atoms with Crippen LogP contribution in [0.2, 0.25) is 10.0 Å². The van der Waals surface area contributed by atoms with Gasteiger partial charge >= 0.3 is 0 Å². The van der Waals surface area contributed by atoms with Crippen molar-refractivity contribution in [2.75, 3.05) is 18.4 Å². The predicted molar refractivity (Wildman–Crippen MR) is 166 cm³/mol. The summed E-state index contributed by atoms with van der Waals surface area (Å²) >= 11 is 12.5. The van der Waals surface area contributed by atoms with Gasteiger partial charge in [-0.15, -0.1) is 0 Å². The highest BCUT2D eigenvalue weighted by Crippen LogP contribution is 2.37. The van der Waals surface area contributed by atoms with Crippen LogP contribution < -0.4 is 10.6 Å². The molecule has 1 atom stereocenters. The molecule has 1 aromatic heterocycles. The van der Waals surface area contributed by atoms with Gasteiger partial charge in [0.1, 0.15) is 0 Å². The molecule has 3 aliphatic rings. The Morgan fingerprint density at radius 2 is 1.86 bits per heavy atom. The van der Waals surface area contributed by atoms with Gasteiger partial charge in [0, 0.05) is 63.4 Å². The summed E-state index contributed by atoms with van der Waals surface area (Å²) < 4.78 is 26.7. The van der Waals surface area contributed by atoms with E-state index in [4.69, 9.17) is 23.2 Å². The number of likely N-dealkylation sites (tertiary alicyclic amines) is 1. The maximum Gasteiger partial charge on any atom is 0.256 e. The molecule has 1 saturated carbocycles. The molecule has 2 fully saturated rings. The molecule has 2 amide bonds. The summed E-state index contributed by atoms with van der Waals surface area (Å²) in [5.74, 6) is -0.730. The van der Waals surface area contributed by atoms with Crippen LogP contribution in [0.15, 0.2) is 41.3 Å². The molecule has 0 spiro atoms. The Morgan fingerprint density at radius 1 is 1.12 bits per heavy atom. The number of sulfone groups is 1. The van der Waals surface area contributed by atoms with Gasteiger partial charge in [0.05, 0.1) is 21.8 Å². The summed E-state index contributed by atoms with van der Waals surface area (Å²) in [4.78, 5) is 32.1. The SMILES string of the molecule is Cc1[nH]c(/C=C2\C(=O)Nc3ccc(S(=O)(=O)Cc4c(Cl)cccc4Cl)cc32)c(C)c1C(=O)N1CCC[C@H]1CNC1CC1. The minimum Gasteiger partial charge on any atom is -0.358 e. The molecule has 6 rings (SSSR count). The number of H-pyrrole nitrogens is 1. The number of benzene rings is 2. The molecule has 3 aromatic rings. The summed E-state index contributed by atoms with van der Waals surface area (Å²) in [7, 11) is -3.84. The molecule has 1 aliphatic carbocycles. The van der Waals surface area contributed by atoms with Crippen molar-refractivity contribution in [1.29, 1.82) is 0 Å². The maximum absolute atomic E-state index is 13.7. The van der Waals surface area contributed by atoms with Crippen molar-refractivity contribution in [1.82, 2.24) is 15.2 Å². The largest absolute Gasteiger partial charge is 0.358 e. The van der Waals surface area contributed by atoms with E-state index in [0.717, 1.165) is 37.2 Å². The lowest BCUT2D eigenvalue weighted by Gasteiger charge is -2.25. The number of rotatable bonds is 8. The van der Waals surface area contributed by atoms with E-state index in [1.807, 2.05) is 18.7 Å². The van der Waals surface area contributed by atoms with Crippen LogP contribution in [-0.4, -0.2) is 55.3 Å². The van der Waals surface area contributed by atoms with Crippen molar-refractivity contribution in [3.8, 4) is 0 Å². The fourth-order valence-electron chi connectivity index (χ4n) is 5.88. The van der Waals surface area contributed by atoms with Crippen LogP contribution in [0.3, 0.4) is 0 Å². The van der Waals surface area contributed by atoms with Gasteiger partial charge in [0.15, 0.2) is 9.84 Å². The number of aryl methyl sites for hydroxylation is 1. The molecular formula is C31H32Cl2N4O4S. The maximum atomic E-state index is 13.7. The van der Waals surface area contributed by atoms with Crippen LogP contribution in [0.4, 0.5) is 5.69 Å². The normalized spacial score (nSPS) is 19.4. The quantitative estimate of drug-likeness (QED) is 0.275. The summed E-state index contributed by atoms with van der Waals surface area (Å²) in [6.07, 6.45) is 6.06. The van der Waals surface area contributed by atoms with E-state index in [0.29, 0.717) is 39.7 Å². The number of carbonyl (C=O) groups is 2. The molecule has 220 valence electrons. The average Bonchev–Trinajstić information content (AvgIpc) is 3.46. The zero-order chi connectivity index (χ0) is 29.8. The van der Waals surface area contributed by atoms with Crippen molar-refractivity contribution in [2.45, 2.75) is 62.3 Å². The van der Waals surface area contributed by atoms with Gasteiger partial charge < -0.3 is 20.5 Å². The third kappa shape index (κ3) is 5.51. The Hall–Kier alpha value is -3.11. The van der Waals surface area contributed by atoms with Gasteiger partial charge in [0.2, 0.25) is 0 Å². The van der Waals surface area contributed by atoms with Crippen LogP contribution >= 0.6 is 23.2 Å². The fraction of sp³-hybridized carbons (Fsp3) is 0.355. The summed E-state index contributed by atoms with van der Waals surface area (Å²) in [5, 5.41) is 6.91. The van der Waals surface area contributed by atoms with E-state index in [1.165, 1.54) is 25.0 Å². The molecule has 11 heteroatoms. The first kappa shape index (κ1) is 29.0. The van der Waals surface area contributed by atoms with Crippen molar-refractivity contribution < 1.29 is 18.0 Å². The third-order valence-electron chi connectivity index (χ3n) is 8.37. The second kappa shape index (κ2) is 11.2. The molecule has 2 aromatic carbocycles. The second-order valence-corrected chi connectivity index (χ2v) is 14.1. The third-order valence-corrected chi connectivity index (χ3v) is 10.7. The molecule has 1 saturated heterocycles. The van der Waals surface area contributed by atoms with Gasteiger partial charge in [-0.3, -0.25) is 9.59 Å². The Kier molecular flexibility index (Phi) is 7.72. The van der Waals surface area contributed by atoms with Gasteiger partial charge in [-0.1, -0.05) is 29.3 Å². The minimum atomic E-state index is -3.84. The molecule has 0 unspecified atom stereocenters. The lowest BCUT2D eigenvalue weighted by Crippen LogP contribution is -2.42. The molecule has 42 heavy (non-hydrogen) atoms. The number of hydrogen-bond acceptors (Lipinski definition) is 5. The Balaban J connectivity index is 1.29. The van der Waals surface area contributed by atoms with E-state index in [9.17, 15) is 18.0 Å². The first-order valence-electron chi connectivity index (χ1n) is 14.1. The van der Waals surface area contributed by atoms with Gasteiger partial charge in [-0.2, -0.15) is 0 Å². The monoisotopic (exact) mass is 626 g/mol. The number of aromatic amines is 1. The van der Waals surface area contributed by atoms with E-state index in [1.54, 1.807) is 30.3 Å². The van der Waals surface area contributed by atoms with Crippen molar-refractivity contribution in [3.63, 3.8) is 0 Å². The summed E-state index contributed by atoms with van der Waals surface area (Å²) in [6.45, 7) is 5.27. The van der Waals surface area contributed by atoms with Crippen molar-refractivity contribution in [2.24, 2.45) is 0 Å². The smallest absolute Gasteiger partial charge is 0.256 e. The van der Waals surface area contributed by atoms with Crippen molar-refractivity contribution >= 4 is 62.2 Å². The number of amides is 2. The van der Waals surface area contributed by atoms with Crippen LogP contribution in [-0.2, 0) is 20.4 Å². The van der Waals surface area contributed by atoms with E-state index in [-0.39, 0.29) is 38.5 Å². The topological polar surface area (TPSA) is 111 Å². The molecule has 3 N–H and O–H groups in total. The number of hydrogen-bond donors (Lipinski definition) is 3. The second-order valence-electron chi connectivity index (χ2n) is 11.3. The number of halogens is 2. The van der Waals surface area contributed by atoms with Gasteiger partial charge in [-0.05, 0) is 81.5 Å². The Bertz CT molecular complexity index is 1720. The standard InChI is InChI=1S/C31H32Cl2N4O4S/c1-17-28(35-18(2)29(17)31(39)37-12-4-5-20(37)15-34-19-8-9-19)14-23-22-13-21(10-11-27(22)36-30(23)38)42(40,41)16-24-25(32)6-3-7-26(24)33/h3,6-7,10-11,13-14,19-20,34-35H,4-5,8-9,12,15-16H2,1-2H3,(H,36,38)/b23-14-/t20-/m0/s1. The molecule has 0 radical (unpaired) electrons. The van der Waals surface area contributed by atoms with E-state index >= 15 is 0 Å². The van der Waals surface area contributed by atoms with Crippen LogP contribution in [0, 0.1) is 13.8 Å². The lowest BCUT2D eigenvalue weighted by atomic mass is 10.0. The first-order chi connectivity index (χ1) is 20.0. The van der Waals surface area contributed by atoms with Crippen LogP contribution in [0.1, 0.15) is 64.1 Å². The zero-order valence-electron chi connectivity index (χ0n) is 23.4. The minimum absolute atomic E-state index is 0.00566. The molecule has 3 heterocycles. The predicted octanol–water partition coefficient (Wildman–Crippen LogP) is 5.76. The number of nitrogens with zero attached hydrogens (tertiary/aromatic N) is 1. The molecule has 2 aliphatic heterocycles. The summed E-state index contributed by atoms with van der Waals surface area (Å²) in [5.41, 5.74) is 4.36. The summed E-state index contributed by atoms with van der Waals surface area (Å²) in [6, 6.07) is 10.1. The van der Waals surface area contributed by atoms with E-state index in [2.05, 4.69) is 15.6 Å². The Morgan fingerprint density at radius 3 is 2.57 bits per heavy atom. The van der Waals surface area contributed by atoms with Gasteiger partial charge in [-0.25, -0.2) is 8.42 Å².